The third kappa shape index (κ3) is 4.07. The summed E-state index contributed by atoms with van der Waals surface area (Å²) in [6.45, 7) is 3.16. The number of hydrogen-bond donors (Lipinski definition) is 1. The van der Waals surface area contributed by atoms with E-state index in [9.17, 15) is 4.79 Å². The first-order chi connectivity index (χ1) is 13.6. The van der Waals surface area contributed by atoms with Crippen LogP contribution in [0.4, 0.5) is 0 Å². The Morgan fingerprint density at radius 3 is 3.04 bits per heavy atom. The van der Waals surface area contributed by atoms with Gasteiger partial charge in [-0.05, 0) is 55.5 Å². The van der Waals surface area contributed by atoms with E-state index in [0.717, 1.165) is 31.7 Å². The van der Waals surface area contributed by atoms with Crippen molar-refractivity contribution in [3.05, 3.63) is 59.8 Å². The molecule has 1 aliphatic heterocycles. The zero-order chi connectivity index (χ0) is 19.5. The van der Waals surface area contributed by atoms with E-state index >= 15 is 0 Å². The second-order valence-electron chi connectivity index (χ2n) is 7.90. The van der Waals surface area contributed by atoms with Gasteiger partial charge in [-0.1, -0.05) is 12.1 Å². The Hall–Kier alpha value is -2.73. The summed E-state index contributed by atoms with van der Waals surface area (Å²) in [7, 11) is 3.49. The van der Waals surface area contributed by atoms with E-state index in [0.29, 0.717) is 11.6 Å². The van der Waals surface area contributed by atoms with Gasteiger partial charge in [-0.2, -0.15) is 0 Å². The maximum Gasteiger partial charge on any atom is 0.272 e. The molecule has 28 heavy (non-hydrogen) atoms. The molecule has 1 saturated heterocycles. The Morgan fingerprint density at radius 2 is 2.18 bits per heavy atom. The van der Waals surface area contributed by atoms with Crippen LogP contribution in [0.5, 0.6) is 0 Å². The van der Waals surface area contributed by atoms with Gasteiger partial charge < -0.3 is 9.88 Å². The SMILES string of the molecule is CN(C)C(=O)c1cc(C[C@H]2CCCN(Cc3cccc4[nH]ccc34)C2)ncn1. The van der Waals surface area contributed by atoms with E-state index in [1.807, 2.05) is 12.3 Å². The summed E-state index contributed by atoms with van der Waals surface area (Å²) in [6.07, 6.45) is 6.81. The molecular weight excluding hydrogens is 350 g/mol. The molecule has 0 saturated carbocycles. The molecule has 0 aliphatic carbocycles. The number of nitrogens with zero attached hydrogens (tertiary/aromatic N) is 4. The lowest BCUT2D eigenvalue weighted by molar-refractivity contribution is 0.0821. The highest BCUT2D eigenvalue weighted by atomic mass is 16.2. The average molecular weight is 377 g/mol. The van der Waals surface area contributed by atoms with Crippen LogP contribution in [0.2, 0.25) is 0 Å². The molecule has 1 amide bonds. The Kier molecular flexibility index (Phi) is 5.39. The van der Waals surface area contributed by atoms with Crippen LogP contribution < -0.4 is 0 Å². The Balaban J connectivity index is 1.42. The van der Waals surface area contributed by atoms with Crippen LogP contribution in [0.3, 0.4) is 0 Å². The van der Waals surface area contributed by atoms with Gasteiger partial charge in [0, 0.05) is 50.0 Å². The van der Waals surface area contributed by atoms with E-state index < -0.39 is 0 Å². The number of aromatic nitrogens is 3. The van der Waals surface area contributed by atoms with Gasteiger partial charge in [-0.15, -0.1) is 0 Å². The standard InChI is InChI=1S/C22H27N5O/c1-26(2)22(28)21-12-18(24-15-25-21)11-16-5-4-10-27(13-16)14-17-6-3-7-20-19(17)8-9-23-20/h3,6-9,12,15-16,23H,4-5,10-11,13-14H2,1-2H3/t16-/m1/s1. The third-order valence-corrected chi connectivity index (χ3v) is 5.53. The highest BCUT2D eigenvalue weighted by Crippen LogP contribution is 2.24. The summed E-state index contributed by atoms with van der Waals surface area (Å²) < 4.78 is 0. The van der Waals surface area contributed by atoms with Gasteiger partial charge in [-0.25, -0.2) is 9.97 Å². The number of H-pyrrole nitrogens is 1. The summed E-state index contributed by atoms with van der Waals surface area (Å²) in [5.74, 6) is 0.477. The fourth-order valence-electron chi connectivity index (χ4n) is 4.14. The number of fused-ring (bicyclic) bond motifs is 1. The van der Waals surface area contributed by atoms with Crippen molar-refractivity contribution in [2.24, 2.45) is 5.92 Å². The van der Waals surface area contributed by atoms with Crippen LogP contribution in [0.25, 0.3) is 10.9 Å². The minimum atomic E-state index is -0.0754. The number of piperidine rings is 1. The normalized spacial score (nSPS) is 17.7. The first-order valence-electron chi connectivity index (χ1n) is 9.90. The second kappa shape index (κ2) is 8.10. The summed E-state index contributed by atoms with van der Waals surface area (Å²) in [5, 5.41) is 1.31. The molecule has 1 aromatic carbocycles. The number of benzene rings is 1. The van der Waals surface area contributed by atoms with Crippen LogP contribution in [0, 0.1) is 5.92 Å². The van der Waals surface area contributed by atoms with E-state index in [4.69, 9.17) is 0 Å². The van der Waals surface area contributed by atoms with Gasteiger partial charge in [-0.3, -0.25) is 9.69 Å². The van der Waals surface area contributed by atoms with Crippen molar-refractivity contribution >= 4 is 16.8 Å². The predicted molar refractivity (Wildman–Crippen MR) is 110 cm³/mol. The van der Waals surface area contributed by atoms with E-state index in [1.165, 1.54) is 35.6 Å². The Bertz CT molecular complexity index is 964. The van der Waals surface area contributed by atoms with Crippen LogP contribution in [-0.4, -0.2) is 57.8 Å². The van der Waals surface area contributed by atoms with Gasteiger partial charge in [0.2, 0.25) is 0 Å². The molecule has 0 bridgehead atoms. The Morgan fingerprint density at radius 1 is 1.29 bits per heavy atom. The van der Waals surface area contributed by atoms with Crippen molar-refractivity contribution in [1.82, 2.24) is 24.8 Å². The first kappa shape index (κ1) is 18.6. The minimum Gasteiger partial charge on any atom is -0.361 e. The van der Waals surface area contributed by atoms with Crippen LogP contribution in [0.15, 0.2) is 42.9 Å². The second-order valence-corrected chi connectivity index (χ2v) is 7.90. The number of likely N-dealkylation sites (tertiary alicyclic amines) is 1. The lowest BCUT2D eigenvalue weighted by Gasteiger charge is -2.32. The van der Waals surface area contributed by atoms with Gasteiger partial charge in [0.25, 0.3) is 5.91 Å². The monoisotopic (exact) mass is 377 g/mol. The number of carbonyl (C=O) groups excluding carboxylic acids is 1. The number of nitrogens with one attached hydrogen (secondary N) is 1. The van der Waals surface area contributed by atoms with Gasteiger partial charge >= 0.3 is 0 Å². The van der Waals surface area contributed by atoms with Crippen molar-refractivity contribution in [3.8, 4) is 0 Å². The maximum absolute atomic E-state index is 12.2. The molecule has 6 heteroatoms. The van der Waals surface area contributed by atoms with Crippen molar-refractivity contribution in [2.75, 3.05) is 27.2 Å². The maximum atomic E-state index is 12.2. The predicted octanol–water partition coefficient (Wildman–Crippen LogP) is 3.11. The molecular formula is C22H27N5O. The molecule has 0 spiro atoms. The van der Waals surface area contributed by atoms with Crippen molar-refractivity contribution in [2.45, 2.75) is 25.8 Å². The van der Waals surface area contributed by atoms with E-state index in [1.54, 1.807) is 19.0 Å². The summed E-state index contributed by atoms with van der Waals surface area (Å²) in [6, 6.07) is 10.5. The lowest BCUT2D eigenvalue weighted by Crippen LogP contribution is -2.36. The molecule has 4 rings (SSSR count). The number of carbonyl (C=O) groups is 1. The fourth-order valence-corrected chi connectivity index (χ4v) is 4.14. The zero-order valence-corrected chi connectivity index (χ0v) is 16.6. The number of rotatable bonds is 5. The molecule has 2 aromatic heterocycles. The molecule has 1 fully saturated rings. The molecule has 1 atom stereocenters. The van der Waals surface area contributed by atoms with Crippen molar-refractivity contribution in [3.63, 3.8) is 0 Å². The van der Waals surface area contributed by atoms with E-state index in [-0.39, 0.29) is 5.91 Å². The van der Waals surface area contributed by atoms with Gasteiger partial charge in [0.05, 0.1) is 0 Å². The molecule has 1 N–H and O–H groups in total. The molecule has 0 unspecified atom stereocenters. The molecule has 0 radical (unpaired) electrons. The first-order valence-corrected chi connectivity index (χ1v) is 9.90. The van der Waals surface area contributed by atoms with Crippen LogP contribution in [0.1, 0.15) is 34.6 Å². The average Bonchev–Trinajstić information content (AvgIpc) is 3.18. The van der Waals surface area contributed by atoms with Crippen molar-refractivity contribution < 1.29 is 4.79 Å². The van der Waals surface area contributed by atoms with Gasteiger partial charge in [0.1, 0.15) is 12.0 Å². The van der Waals surface area contributed by atoms with Gasteiger partial charge in [0.15, 0.2) is 0 Å². The van der Waals surface area contributed by atoms with E-state index in [2.05, 4.69) is 44.1 Å². The highest BCUT2D eigenvalue weighted by molar-refractivity contribution is 5.91. The molecule has 3 heterocycles. The minimum absolute atomic E-state index is 0.0754. The number of hydrogen-bond acceptors (Lipinski definition) is 4. The zero-order valence-electron chi connectivity index (χ0n) is 16.6. The van der Waals surface area contributed by atoms with Crippen LogP contribution in [-0.2, 0) is 13.0 Å². The highest BCUT2D eigenvalue weighted by Gasteiger charge is 2.22. The smallest absolute Gasteiger partial charge is 0.272 e. The quantitative estimate of drug-likeness (QED) is 0.742. The number of aromatic amines is 1. The topological polar surface area (TPSA) is 65.1 Å². The van der Waals surface area contributed by atoms with Crippen molar-refractivity contribution in [1.29, 1.82) is 0 Å². The number of amides is 1. The molecule has 6 nitrogen and oxygen atoms in total. The van der Waals surface area contributed by atoms with Crippen LogP contribution >= 0.6 is 0 Å². The summed E-state index contributed by atoms with van der Waals surface area (Å²) >= 11 is 0. The summed E-state index contributed by atoms with van der Waals surface area (Å²) in [4.78, 5) is 28.1. The molecule has 1 aliphatic rings. The largest absolute Gasteiger partial charge is 0.361 e. The Labute approximate surface area is 165 Å². The lowest BCUT2D eigenvalue weighted by atomic mass is 9.92. The fraction of sp³-hybridized carbons (Fsp3) is 0.409. The third-order valence-electron chi connectivity index (χ3n) is 5.53. The molecule has 3 aromatic rings. The molecule has 146 valence electrons. The summed E-state index contributed by atoms with van der Waals surface area (Å²) in [5.41, 5.74) is 4.01.